The van der Waals surface area contributed by atoms with Crippen molar-refractivity contribution in [2.24, 2.45) is 5.41 Å². The van der Waals surface area contributed by atoms with Gasteiger partial charge in [-0.2, -0.15) is 0 Å². The van der Waals surface area contributed by atoms with Crippen LogP contribution in [0.4, 0.5) is 5.69 Å². The zero-order valence-corrected chi connectivity index (χ0v) is 16.9. The molecule has 0 saturated carbocycles. The molecule has 0 atom stereocenters. The summed E-state index contributed by atoms with van der Waals surface area (Å²) in [5.41, 5.74) is 0.777. The van der Waals surface area contributed by atoms with Crippen LogP contribution in [0.15, 0.2) is 46.9 Å². The van der Waals surface area contributed by atoms with Crippen LogP contribution in [0, 0.1) is 5.41 Å². The molecular formula is C20H19BrN2O5. The number of nitrogens with one attached hydrogen (secondary N) is 1. The molecule has 0 aliphatic carbocycles. The Morgan fingerprint density at radius 2 is 1.89 bits per heavy atom. The number of hydrogen-bond acceptors (Lipinski definition) is 4. The summed E-state index contributed by atoms with van der Waals surface area (Å²) >= 11 is 3.45. The number of benzene rings is 2. The van der Waals surface area contributed by atoms with Crippen molar-refractivity contribution in [2.45, 2.75) is 20.4 Å². The lowest BCUT2D eigenvalue weighted by Gasteiger charge is -2.17. The fraction of sp³-hybridized carbons (Fsp3) is 0.250. The molecule has 1 saturated heterocycles. The molecule has 1 aliphatic rings. The first-order valence-electron chi connectivity index (χ1n) is 8.56. The van der Waals surface area contributed by atoms with Crippen molar-refractivity contribution < 1.29 is 24.3 Å². The smallest absolute Gasteiger partial charge is 0.336 e. The number of carboxylic acids is 1. The van der Waals surface area contributed by atoms with E-state index >= 15 is 0 Å². The zero-order chi connectivity index (χ0) is 20.5. The third-order valence-electron chi connectivity index (χ3n) is 4.41. The van der Waals surface area contributed by atoms with Crippen LogP contribution in [0.2, 0.25) is 0 Å². The third kappa shape index (κ3) is 4.07. The Morgan fingerprint density at radius 3 is 2.46 bits per heavy atom. The minimum absolute atomic E-state index is 0.0667. The van der Waals surface area contributed by atoms with E-state index in [2.05, 4.69) is 21.2 Å². The van der Waals surface area contributed by atoms with E-state index in [1.165, 1.54) is 17.2 Å². The van der Waals surface area contributed by atoms with Crippen LogP contribution >= 0.6 is 15.9 Å². The van der Waals surface area contributed by atoms with Gasteiger partial charge < -0.3 is 10.4 Å². The first-order chi connectivity index (χ1) is 13.2. The number of carbonyl (C=O) groups excluding carboxylic acids is 2. The largest absolute Gasteiger partial charge is 0.478 e. The SMILES string of the molecule is CC1(C)CON(Cc2ccc(NC(=O)c3ccccc3C(=O)O)cc2Br)C1=O. The summed E-state index contributed by atoms with van der Waals surface area (Å²) in [6.07, 6.45) is 0. The van der Waals surface area contributed by atoms with Crippen molar-refractivity contribution in [3.05, 3.63) is 63.6 Å². The molecule has 1 heterocycles. The normalized spacial score (nSPS) is 15.5. The first-order valence-corrected chi connectivity index (χ1v) is 9.35. The highest BCUT2D eigenvalue weighted by Gasteiger charge is 2.40. The molecule has 0 unspecified atom stereocenters. The average Bonchev–Trinajstić information content (AvgIpc) is 2.90. The number of hydroxylamine groups is 2. The number of amides is 2. The number of aromatic carboxylic acids is 1. The van der Waals surface area contributed by atoms with Crippen LogP contribution in [0.25, 0.3) is 0 Å². The average molecular weight is 447 g/mol. The lowest BCUT2D eigenvalue weighted by Crippen LogP contribution is -2.30. The summed E-state index contributed by atoms with van der Waals surface area (Å²) in [7, 11) is 0. The van der Waals surface area contributed by atoms with Crippen LogP contribution in [-0.4, -0.2) is 34.6 Å². The van der Waals surface area contributed by atoms with E-state index in [9.17, 15) is 19.5 Å². The molecule has 2 amide bonds. The standard InChI is InChI=1S/C20H19BrN2O5/c1-20(2)11-28-23(19(20)27)10-12-7-8-13(9-16(12)21)22-17(24)14-5-3-4-6-15(14)18(25)26/h3-9H,10-11H2,1-2H3,(H,22,24)(H,25,26). The molecule has 2 aromatic carbocycles. The van der Waals surface area contributed by atoms with E-state index in [-0.39, 0.29) is 23.6 Å². The maximum absolute atomic E-state index is 12.5. The topological polar surface area (TPSA) is 95.9 Å². The van der Waals surface area contributed by atoms with Crippen molar-refractivity contribution in [3.8, 4) is 0 Å². The Balaban J connectivity index is 1.74. The van der Waals surface area contributed by atoms with Crippen LogP contribution in [0.3, 0.4) is 0 Å². The summed E-state index contributed by atoms with van der Waals surface area (Å²) in [5.74, 6) is -1.76. The van der Waals surface area contributed by atoms with Gasteiger partial charge in [-0.3, -0.25) is 14.4 Å². The molecule has 146 valence electrons. The van der Waals surface area contributed by atoms with E-state index in [1.54, 1.807) is 30.3 Å². The van der Waals surface area contributed by atoms with Crippen LogP contribution in [0.1, 0.15) is 40.1 Å². The number of hydrogen-bond donors (Lipinski definition) is 2. The molecule has 7 nitrogen and oxygen atoms in total. The number of carbonyl (C=O) groups is 3. The van der Waals surface area contributed by atoms with E-state index in [0.717, 1.165) is 5.56 Å². The molecule has 3 rings (SSSR count). The van der Waals surface area contributed by atoms with E-state index < -0.39 is 17.3 Å². The highest BCUT2D eigenvalue weighted by molar-refractivity contribution is 9.10. The Hall–Kier alpha value is -2.71. The summed E-state index contributed by atoms with van der Waals surface area (Å²) < 4.78 is 0.693. The molecule has 0 spiro atoms. The van der Waals surface area contributed by atoms with Crippen LogP contribution in [-0.2, 0) is 16.2 Å². The van der Waals surface area contributed by atoms with Gasteiger partial charge in [0.05, 0.1) is 29.7 Å². The number of carboxylic acid groups (broad SMARTS) is 1. The molecule has 2 aromatic rings. The molecule has 0 bridgehead atoms. The van der Waals surface area contributed by atoms with Crippen LogP contribution in [0.5, 0.6) is 0 Å². The minimum Gasteiger partial charge on any atom is -0.478 e. The molecule has 1 aliphatic heterocycles. The second-order valence-electron chi connectivity index (χ2n) is 7.11. The van der Waals surface area contributed by atoms with E-state index in [4.69, 9.17) is 4.84 Å². The zero-order valence-electron chi connectivity index (χ0n) is 15.4. The van der Waals surface area contributed by atoms with Gasteiger partial charge in [0.1, 0.15) is 0 Å². The molecule has 28 heavy (non-hydrogen) atoms. The highest BCUT2D eigenvalue weighted by Crippen LogP contribution is 2.30. The maximum Gasteiger partial charge on any atom is 0.336 e. The van der Waals surface area contributed by atoms with E-state index in [0.29, 0.717) is 16.8 Å². The lowest BCUT2D eigenvalue weighted by molar-refractivity contribution is -0.165. The van der Waals surface area contributed by atoms with Gasteiger partial charge in [-0.25, -0.2) is 9.86 Å². The maximum atomic E-state index is 12.5. The Labute approximate surface area is 170 Å². The highest BCUT2D eigenvalue weighted by atomic mass is 79.9. The van der Waals surface area contributed by atoms with Gasteiger partial charge in [0.25, 0.3) is 11.8 Å². The predicted octanol–water partition coefficient (Wildman–Crippen LogP) is 3.70. The lowest BCUT2D eigenvalue weighted by atomic mass is 9.95. The third-order valence-corrected chi connectivity index (χ3v) is 5.15. The minimum atomic E-state index is -1.17. The predicted molar refractivity (Wildman–Crippen MR) is 106 cm³/mol. The van der Waals surface area contributed by atoms with Gasteiger partial charge >= 0.3 is 5.97 Å². The molecule has 8 heteroatoms. The van der Waals surface area contributed by atoms with Crippen molar-refractivity contribution in [1.82, 2.24) is 5.06 Å². The van der Waals surface area contributed by atoms with Crippen molar-refractivity contribution in [2.75, 3.05) is 11.9 Å². The quantitative estimate of drug-likeness (QED) is 0.729. The van der Waals surface area contributed by atoms with Gasteiger partial charge in [0.15, 0.2) is 0 Å². The molecule has 2 N–H and O–H groups in total. The fourth-order valence-electron chi connectivity index (χ4n) is 2.79. The molecular weight excluding hydrogens is 428 g/mol. The first kappa shape index (κ1) is 20.0. The van der Waals surface area contributed by atoms with Crippen molar-refractivity contribution >= 4 is 39.4 Å². The number of halogens is 1. The van der Waals surface area contributed by atoms with Crippen molar-refractivity contribution in [3.63, 3.8) is 0 Å². The monoisotopic (exact) mass is 446 g/mol. The number of nitrogens with zero attached hydrogens (tertiary/aromatic N) is 1. The summed E-state index contributed by atoms with van der Waals surface area (Å²) in [6, 6.07) is 11.2. The van der Waals surface area contributed by atoms with Gasteiger partial charge in [-0.05, 0) is 43.7 Å². The molecule has 1 fully saturated rings. The fourth-order valence-corrected chi connectivity index (χ4v) is 3.29. The van der Waals surface area contributed by atoms with Crippen molar-refractivity contribution in [1.29, 1.82) is 0 Å². The summed E-state index contributed by atoms with van der Waals surface area (Å²) in [6.45, 7) is 4.27. The van der Waals surface area contributed by atoms with Gasteiger partial charge in [0.2, 0.25) is 0 Å². The Kier molecular flexibility index (Phi) is 5.53. The number of anilines is 1. The number of rotatable bonds is 5. The Bertz CT molecular complexity index is 957. The Morgan fingerprint density at radius 1 is 1.21 bits per heavy atom. The second-order valence-corrected chi connectivity index (χ2v) is 7.96. The van der Waals surface area contributed by atoms with E-state index in [1.807, 2.05) is 13.8 Å². The van der Waals surface area contributed by atoms with Gasteiger partial charge in [-0.15, -0.1) is 0 Å². The van der Waals surface area contributed by atoms with Gasteiger partial charge in [-0.1, -0.05) is 34.1 Å². The summed E-state index contributed by atoms with van der Waals surface area (Å²) in [4.78, 5) is 41.5. The molecule has 0 aromatic heterocycles. The summed E-state index contributed by atoms with van der Waals surface area (Å²) in [5, 5.41) is 13.3. The van der Waals surface area contributed by atoms with Gasteiger partial charge in [0, 0.05) is 10.2 Å². The van der Waals surface area contributed by atoms with Crippen LogP contribution < -0.4 is 5.32 Å². The second kappa shape index (κ2) is 7.73. The molecule has 0 radical (unpaired) electrons.